The average molecular weight is 289 g/mol. The number of amides is 2. The Morgan fingerprint density at radius 2 is 2.00 bits per heavy atom. The van der Waals surface area contributed by atoms with Crippen molar-refractivity contribution < 1.29 is 9.59 Å². The van der Waals surface area contributed by atoms with Crippen molar-refractivity contribution in [3.63, 3.8) is 0 Å². The normalized spacial score (nSPS) is 16.0. The van der Waals surface area contributed by atoms with E-state index in [1.54, 1.807) is 12.1 Å². The van der Waals surface area contributed by atoms with Crippen LogP contribution in [0.5, 0.6) is 0 Å². The Labute approximate surface area is 125 Å². The van der Waals surface area contributed by atoms with Gasteiger partial charge in [0.15, 0.2) is 0 Å². The third-order valence-electron chi connectivity index (χ3n) is 4.01. The second-order valence-electron chi connectivity index (χ2n) is 5.64. The number of aryl methyl sites for hydroxylation is 1. The van der Waals surface area contributed by atoms with Gasteiger partial charge in [-0.25, -0.2) is 0 Å². The summed E-state index contributed by atoms with van der Waals surface area (Å²) in [6, 6.07) is 5.19. The summed E-state index contributed by atoms with van der Waals surface area (Å²) in [5.74, 6) is -0.255. The van der Waals surface area contributed by atoms with Crippen LogP contribution < -0.4 is 11.1 Å². The van der Waals surface area contributed by atoms with Gasteiger partial charge in [-0.1, -0.05) is 6.07 Å². The summed E-state index contributed by atoms with van der Waals surface area (Å²) in [6.45, 7) is 6.18. The fourth-order valence-electron chi connectivity index (χ4n) is 2.61. The number of hydrogen-bond donors (Lipinski definition) is 2. The second kappa shape index (κ2) is 6.72. The molecule has 1 aromatic carbocycles. The lowest BCUT2D eigenvalue weighted by atomic mass is 10.0. The number of nitrogens with one attached hydrogen (secondary N) is 1. The smallest absolute Gasteiger partial charge is 0.248 e. The summed E-state index contributed by atoms with van der Waals surface area (Å²) >= 11 is 0. The number of nitrogens with two attached hydrogens (primary N) is 1. The van der Waals surface area contributed by atoms with Crippen molar-refractivity contribution in [3.8, 4) is 0 Å². The van der Waals surface area contributed by atoms with Crippen molar-refractivity contribution in [1.29, 1.82) is 0 Å². The van der Waals surface area contributed by atoms with Gasteiger partial charge in [0.1, 0.15) is 0 Å². The second-order valence-corrected chi connectivity index (χ2v) is 5.64. The molecule has 1 atom stereocenters. The van der Waals surface area contributed by atoms with Crippen LogP contribution in [0.25, 0.3) is 0 Å². The van der Waals surface area contributed by atoms with Crippen LogP contribution in [0.4, 0.5) is 0 Å². The van der Waals surface area contributed by atoms with Crippen molar-refractivity contribution in [3.05, 3.63) is 34.9 Å². The zero-order chi connectivity index (χ0) is 15.4. The van der Waals surface area contributed by atoms with E-state index < -0.39 is 5.91 Å². The maximum Gasteiger partial charge on any atom is 0.248 e. The first-order valence-corrected chi connectivity index (χ1v) is 7.40. The molecule has 2 rings (SSSR count). The molecular weight excluding hydrogens is 266 g/mol. The largest absolute Gasteiger partial charge is 0.366 e. The van der Waals surface area contributed by atoms with Crippen molar-refractivity contribution in [2.75, 3.05) is 13.1 Å². The molecule has 1 fully saturated rings. The summed E-state index contributed by atoms with van der Waals surface area (Å²) in [5, 5.41) is 3.26. The maximum atomic E-state index is 12.2. The Balaban J connectivity index is 1.93. The predicted molar refractivity (Wildman–Crippen MR) is 81.8 cm³/mol. The van der Waals surface area contributed by atoms with E-state index in [4.69, 9.17) is 5.73 Å². The van der Waals surface area contributed by atoms with Gasteiger partial charge in [-0.05, 0) is 49.9 Å². The quantitative estimate of drug-likeness (QED) is 0.855. The number of nitrogens with zero attached hydrogens (tertiary/aromatic N) is 1. The highest BCUT2D eigenvalue weighted by molar-refractivity contribution is 5.93. The Kier molecular flexibility index (Phi) is 4.96. The highest BCUT2D eigenvalue weighted by Gasteiger charge is 2.22. The summed E-state index contributed by atoms with van der Waals surface area (Å²) in [4.78, 5) is 25.2. The molecule has 1 aromatic rings. The highest BCUT2D eigenvalue weighted by Crippen LogP contribution is 2.12. The van der Waals surface area contributed by atoms with Gasteiger partial charge < -0.3 is 16.0 Å². The molecule has 21 heavy (non-hydrogen) atoms. The van der Waals surface area contributed by atoms with Crippen LogP contribution in [0.15, 0.2) is 18.2 Å². The lowest BCUT2D eigenvalue weighted by Gasteiger charge is -2.21. The molecule has 0 radical (unpaired) electrons. The lowest BCUT2D eigenvalue weighted by molar-refractivity contribution is -0.131. The number of hydrogen-bond acceptors (Lipinski definition) is 3. The Morgan fingerprint density at radius 1 is 1.33 bits per heavy atom. The monoisotopic (exact) mass is 289 g/mol. The number of primary amides is 1. The van der Waals surface area contributed by atoms with Gasteiger partial charge in [0.2, 0.25) is 11.8 Å². The van der Waals surface area contributed by atoms with Crippen LogP contribution in [-0.4, -0.2) is 35.8 Å². The first-order chi connectivity index (χ1) is 9.99. The lowest BCUT2D eigenvalue weighted by Crippen LogP contribution is -2.43. The van der Waals surface area contributed by atoms with E-state index in [1.807, 2.05) is 24.8 Å². The summed E-state index contributed by atoms with van der Waals surface area (Å²) in [6.07, 6.45) is 2.21. The van der Waals surface area contributed by atoms with Crippen LogP contribution in [0, 0.1) is 6.92 Å². The van der Waals surface area contributed by atoms with Gasteiger partial charge in [0.05, 0.1) is 6.04 Å². The summed E-state index contributed by atoms with van der Waals surface area (Å²) < 4.78 is 0. The van der Waals surface area contributed by atoms with Crippen LogP contribution in [0.1, 0.15) is 41.3 Å². The molecule has 5 heteroatoms. The number of carbonyl (C=O) groups excluding carboxylic acids is 2. The molecule has 1 aliphatic heterocycles. The molecule has 1 aliphatic rings. The Morgan fingerprint density at radius 3 is 2.57 bits per heavy atom. The third kappa shape index (κ3) is 3.82. The molecule has 2 amide bonds. The SMILES string of the molecule is Cc1cc(C(N)=O)ccc1CNC(C)C(=O)N1CCCC1. The van der Waals surface area contributed by atoms with Gasteiger partial charge >= 0.3 is 0 Å². The summed E-state index contributed by atoms with van der Waals surface area (Å²) in [7, 11) is 0. The Hall–Kier alpha value is -1.88. The first-order valence-electron chi connectivity index (χ1n) is 7.40. The molecule has 1 heterocycles. The molecular formula is C16H23N3O2. The fourth-order valence-corrected chi connectivity index (χ4v) is 2.61. The zero-order valence-corrected chi connectivity index (χ0v) is 12.7. The molecule has 0 aliphatic carbocycles. The van der Waals surface area contributed by atoms with Gasteiger partial charge in [0.25, 0.3) is 0 Å². The van der Waals surface area contributed by atoms with E-state index in [0.29, 0.717) is 12.1 Å². The fraction of sp³-hybridized carbons (Fsp3) is 0.500. The molecule has 1 unspecified atom stereocenters. The van der Waals surface area contributed by atoms with Crippen LogP contribution in [-0.2, 0) is 11.3 Å². The molecule has 1 saturated heterocycles. The van der Waals surface area contributed by atoms with E-state index >= 15 is 0 Å². The van der Waals surface area contributed by atoms with E-state index in [0.717, 1.165) is 37.1 Å². The number of rotatable bonds is 5. The molecule has 0 spiro atoms. The number of benzene rings is 1. The minimum absolute atomic E-state index is 0.166. The van der Waals surface area contributed by atoms with Crippen molar-refractivity contribution >= 4 is 11.8 Å². The molecule has 0 saturated carbocycles. The van der Waals surface area contributed by atoms with Crippen LogP contribution in [0.3, 0.4) is 0 Å². The highest BCUT2D eigenvalue weighted by atomic mass is 16.2. The van der Waals surface area contributed by atoms with Crippen molar-refractivity contribution in [1.82, 2.24) is 10.2 Å². The maximum absolute atomic E-state index is 12.2. The standard InChI is InChI=1S/C16H23N3O2/c1-11-9-13(15(17)20)5-6-14(11)10-18-12(2)16(21)19-7-3-4-8-19/h5-6,9,12,18H,3-4,7-8,10H2,1-2H3,(H2,17,20). The van der Waals surface area contributed by atoms with E-state index in [1.165, 1.54) is 0 Å². The van der Waals surface area contributed by atoms with Gasteiger partial charge in [-0.3, -0.25) is 9.59 Å². The Bertz CT molecular complexity index is 536. The van der Waals surface area contributed by atoms with Crippen molar-refractivity contribution in [2.24, 2.45) is 5.73 Å². The molecule has 0 bridgehead atoms. The summed E-state index contributed by atoms with van der Waals surface area (Å²) in [5.41, 5.74) is 7.84. The molecule has 3 N–H and O–H groups in total. The minimum Gasteiger partial charge on any atom is -0.366 e. The molecule has 5 nitrogen and oxygen atoms in total. The van der Waals surface area contributed by atoms with E-state index in [2.05, 4.69) is 5.32 Å². The number of carbonyl (C=O) groups is 2. The minimum atomic E-state index is -0.421. The molecule has 0 aromatic heterocycles. The van der Waals surface area contributed by atoms with Crippen LogP contribution >= 0.6 is 0 Å². The van der Waals surface area contributed by atoms with Gasteiger partial charge in [-0.15, -0.1) is 0 Å². The zero-order valence-electron chi connectivity index (χ0n) is 12.7. The van der Waals surface area contributed by atoms with Gasteiger partial charge in [-0.2, -0.15) is 0 Å². The molecule has 114 valence electrons. The predicted octanol–water partition coefficient (Wildman–Crippen LogP) is 1.19. The van der Waals surface area contributed by atoms with Gasteiger partial charge in [0, 0.05) is 25.2 Å². The third-order valence-corrected chi connectivity index (χ3v) is 4.01. The first kappa shape index (κ1) is 15.5. The van der Waals surface area contributed by atoms with Crippen LogP contribution in [0.2, 0.25) is 0 Å². The van der Waals surface area contributed by atoms with E-state index in [-0.39, 0.29) is 11.9 Å². The topological polar surface area (TPSA) is 75.4 Å². The average Bonchev–Trinajstić information content (AvgIpc) is 2.98. The van der Waals surface area contributed by atoms with E-state index in [9.17, 15) is 9.59 Å². The van der Waals surface area contributed by atoms with Crippen molar-refractivity contribution in [2.45, 2.75) is 39.3 Å². The number of likely N-dealkylation sites (tertiary alicyclic amines) is 1.